The molecule has 1 aromatic heterocycles. The summed E-state index contributed by atoms with van der Waals surface area (Å²) in [7, 11) is 0. The standard InChI is InChI=1S/C23H22N2O/c1-2-5-19-16-21(9-8-18(19)4-1)25-11-10-22-20(6-3-7-23(22)25)17-24-12-14-26-15-13-24/h1-11,16H,12-15,17H2. The Morgan fingerprint density at radius 1 is 0.808 bits per heavy atom. The van der Waals surface area contributed by atoms with Gasteiger partial charge < -0.3 is 9.30 Å². The molecule has 0 bridgehead atoms. The molecule has 3 heteroatoms. The Labute approximate surface area is 153 Å². The fourth-order valence-electron chi connectivity index (χ4n) is 3.92. The van der Waals surface area contributed by atoms with Crippen LogP contribution in [0.2, 0.25) is 0 Å². The van der Waals surface area contributed by atoms with Crippen LogP contribution >= 0.6 is 0 Å². The molecule has 0 atom stereocenters. The van der Waals surface area contributed by atoms with Gasteiger partial charge in [0.1, 0.15) is 0 Å². The average molecular weight is 342 g/mol. The molecule has 2 heterocycles. The summed E-state index contributed by atoms with van der Waals surface area (Å²) in [5.41, 5.74) is 3.87. The monoisotopic (exact) mass is 342 g/mol. The molecule has 0 radical (unpaired) electrons. The maximum atomic E-state index is 5.48. The first-order valence-corrected chi connectivity index (χ1v) is 9.27. The highest BCUT2D eigenvalue weighted by Crippen LogP contribution is 2.26. The van der Waals surface area contributed by atoms with Crippen molar-refractivity contribution in [3.63, 3.8) is 0 Å². The van der Waals surface area contributed by atoms with E-state index in [4.69, 9.17) is 4.74 Å². The minimum absolute atomic E-state index is 0.841. The second-order valence-corrected chi connectivity index (χ2v) is 6.96. The summed E-state index contributed by atoms with van der Waals surface area (Å²) < 4.78 is 7.77. The van der Waals surface area contributed by atoms with Gasteiger partial charge in [-0.2, -0.15) is 0 Å². The molecule has 5 rings (SSSR count). The van der Waals surface area contributed by atoms with Crippen LogP contribution in [0, 0.1) is 0 Å². The van der Waals surface area contributed by atoms with Crippen molar-refractivity contribution in [2.45, 2.75) is 6.54 Å². The number of morpholine rings is 1. The van der Waals surface area contributed by atoms with Gasteiger partial charge in [-0.3, -0.25) is 4.90 Å². The Bertz CT molecular complexity index is 1060. The first-order valence-electron chi connectivity index (χ1n) is 9.27. The molecule has 3 aromatic carbocycles. The van der Waals surface area contributed by atoms with E-state index in [9.17, 15) is 0 Å². The summed E-state index contributed by atoms with van der Waals surface area (Å²) in [5, 5.41) is 3.89. The number of hydrogen-bond acceptors (Lipinski definition) is 2. The third kappa shape index (κ3) is 2.79. The minimum Gasteiger partial charge on any atom is -0.379 e. The number of ether oxygens (including phenoxy) is 1. The molecule has 130 valence electrons. The smallest absolute Gasteiger partial charge is 0.0594 e. The number of hydrogen-bond donors (Lipinski definition) is 0. The summed E-state index contributed by atoms with van der Waals surface area (Å²) in [6, 6.07) is 24.1. The van der Waals surface area contributed by atoms with Crippen LogP contribution in [0.5, 0.6) is 0 Å². The molecule has 4 aromatic rings. The van der Waals surface area contributed by atoms with Gasteiger partial charge in [0.05, 0.1) is 18.7 Å². The molecular formula is C23H22N2O. The number of benzene rings is 3. The molecule has 26 heavy (non-hydrogen) atoms. The van der Waals surface area contributed by atoms with E-state index < -0.39 is 0 Å². The van der Waals surface area contributed by atoms with Crippen LogP contribution in [0.25, 0.3) is 27.4 Å². The van der Waals surface area contributed by atoms with Crippen molar-refractivity contribution in [1.82, 2.24) is 9.47 Å². The zero-order valence-corrected chi connectivity index (χ0v) is 14.8. The van der Waals surface area contributed by atoms with E-state index in [-0.39, 0.29) is 0 Å². The highest BCUT2D eigenvalue weighted by Gasteiger charge is 2.13. The van der Waals surface area contributed by atoms with E-state index in [2.05, 4.69) is 82.4 Å². The molecule has 0 spiro atoms. The molecule has 0 saturated carbocycles. The molecule has 3 nitrogen and oxygen atoms in total. The van der Waals surface area contributed by atoms with Gasteiger partial charge in [0.25, 0.3) is 0 Å². The van der Waals surface area contributed by atoms with Crippen LogP contribution in [0.1, 0.15) is 5.56 Å². The predicted molar refractivity (Wildman–Crippen MR) is 107 cm³/mol. The quantitative estimate of drug-likeness (QED) is 0.541. The number of nitrogens with zero attached hydrogens (tertiary/aromatic N) is 2. The fourth-order valence-corrected chi connectivity index (χ4v) is 3.92. The number of aromatic nitrogens is 1. The van der Waals surface area contributed by atoms with Crippen LogP contribution < -0.4 is 0 Å². The maximum Gasteiger partial charge on any atom is 0.0594 e. The van der Waals surface area contributed by atoms with Gasteiger partial charge in [-0.15, -0.1) is 0 Å². The highest BCUT2D eigenvalue weighted by molar-refractivity contribution is 5.88. The second-order valence-electron chi connectivity index (χ2n) is 6.96. The SMILES string of the molecule is c1ccc2cc(-n3ccc4c(CN5CCOCC5)cccc43)ccc2c1. The Morgan fingerprint density at radius 2 is 1.65 bits per heavy atom. The van der Waals surface area contributed by atoms with Gasteiger partial charge in [0, 0.05) is 36.9 Å². The summed E-state index contributed by atoms with van der Waals surface area (Å²) in [6.45, 7) is 4.70. The topological polar surface area (TPSA) is 17.4 Å². The summed E-state index contributed by atoms with van der Waals surface area (Å²) >= 11 is 0. The Balaban J connectivity index is 1.55. The molecule has 1 aliphatic heterocycles. The van der Waals surface area contributed by atoms with E-state index in [1.807, 2.05) is 0 Å². The van der Waals surface area contributed by atoms with E-state index in [1.54, 1.807) is 0 Å². The summed E-state index contributed by atoms with van der Waals surface area (Å²) in [6.07, 6.45) is 2.19. The third-order valence-electron chi connectivity index (χ3n) is 5.33. The first-order chi connectivity index (χ1) is 12.9. The average Bonchev–Trinajstić information content (AvgIpc) is 3.14. The van der Waals surface area contributed by atoms with Crippen LogP contribution in [0.15, 0.2) is 72.9 Å². The van der Waals surface area contributed by atoms with E-state index in [1.165, 1.54) is 32.9 Å². The minimum atomic E-state index is 0.841. The lowest BCUT2D eigenvalue weighted by molar-refractivity contribution is 0.0344. The molecule has 0 unspecified atom stereocenters. The second kappa shape index (κ2) is 6.60. The predicted octanol–water partition coefficient (Wildman–Crippen LogP) is 4.62. The lowest BCUT2D eigenvalue weighted by Crippen LogP contribution is -2.35. The van der Waals surface area contributed by atoms with Gasteiger partial charge in [-0.25, -0.2) is 0 Å². The Morgan fingerprint density at radius 3 is 2.54 bits per heavy atom. The molecule has 1 aliphatic rings. The third-order valence-corrected chi connectivity index (χ3v) is 5.33. The molecular weight excluding hydrogens is 320 g/mol. The molecule has 1 saturated heterocycles. The van der Waals surface area contributed by atoms with Gasteiger partial charge >= 0.3 is 0 Å². The summed E-state index contributed by atoms with van der Waals surface area (Å²) in [5.74, 6) is 0. The van der Waals surface area contributed by atoms with Crippen LogP contribution in [-0.2, 0) is 11.3 Å². The van der Waals surface area contributed by atoms with Crippen molar-refractivity contribution < 1.29 is 4.74 Å². The van der Waals surface area contributed by atoms with E-state index >= 15 is 0 Å². The van der Waals surface area contributed by atoms with Crippen molar-refractivity contribution >= 4 is 21.7 Å². The fraction of sp³-hybridized carbons (Fsp3) is 0.217. The van der Waals surface area contributed by atoms with Crippen LogP contribution in [0.4, 0.5) is 0 Å². The van der Waals surface area contributed by atoms with Crippen molar-refractivity contribution in [2.75, 3.05) is 26.3 Å². The van der Waals surface area contributed by atoms with Crippen molar-refractivity contribution in [3.05, 3.63) is 78.5 Å². The van der Waals surface area contributed by atoms with Gasteiger partial charge in [0.15, 0.2) is 0 Å². The lowest BCUT2D eigenvalue weighted by Gasteiger charge is -2.26. The Kier molecular flexibility index (Phi) is 3.96. The zero-order chi connectivity index (χ0) is 17.3. The number of fused-ring (bicyclic) bond motifs is 2. The summed E-state index contributed by atoms with van der Waals surface area (Å²) in [4.78, 5) is 2.48. The van der Waals surface area contributed by atoms with Gasteiger partial charge in [0.2, 0.25) is 0 Å². The van der Waals surface area contributed by atoms with Gasteiger partial charge in [-0.05, 0) is 40.6 Å². The van der Waals surface area contributed by atoms with Crippen molar-refractivity contribution in [2.24, 2.45) is 0 Å². The number of rotatable bonds is 3. The van der Waals surface area contributed by atoms with Crippen molar-refractivity contribution in [1.29, 1.82) is 0 Å². The largest absolute Gasteiger partial charge is 0.379 e. The molecule has 1 fully saturated rings. The highest BCUT2D eigenvalue weighted by atomic mass is 16.5. The van der Waals surface area contributed by atoms with Crippen LogP contribution in [-0.4, -0.2) is 35.8 Å². The molecule has 0 aliphatic carbocycles. The van der Waals surface area contributed by atoms with Gasteiger partial charge in [-0.1, -0.05) is 42.5 Å². The van der Waals surface area contributed by atoms with E-state index in [0.29, 0.717) is 0 Å². The molecule has 0 amide bonds. The van der Waals surface area contributed by atoms with Crippen molar-refractivity contribution in [3.8, 4) is 5.69 Å². The normalized spacial score (nSPS) is 15.7. The Hall–Kier alpha value is -2.62. The lowest BCUT2D eigenvalue weighted by atomic mass is 10.1. The maximum absolute atomic E-state index is 5.48. The van der Waals surface area contributed by atoms with Crippen LogP contribution in [0.3, 0.4) is 0 Å². The van der Waals surface area contributed by atoms with E-state index in [0.717, 1.165) is 32.8 Å². The first kappa shape index (κ1) is 15.6. The molecule has 0 N–H and O–H groups in total. The zero-order valence-electron chi connectivity index (χ0n) is 14.8.